The van der Waals surface area contributed by atoms with Gasteiger partial charge in [0.2, 0.25) is 0 Å². The summed E-state index contributed by atoms with van der Waals surface area (Å²) in [5.74, 6) is 0. The fraction of sp³-hybridized carbons (Fsp3) is 0.917. The van der Waals surface area contributed by atoms with E-state index in [4.69, 9.17) is 9.47 Å². The standard InChI is InChI=1S/C12H24N2O3/c1-12(2,3)17-11(15)14-7-5-6-10(14)8-13-9-16-4/h10,13H,5-9H2,1-4H3/t10-/m0/s1. The average molecular weight is 244 g/mol. The van der Waals surface area contributed by atoms with Gasteiger partial charge in [0.05, 0.1) is 6.73 Å². The van der Waals surface area contributed by atoms with Crippen molar-refractivity contribution in [3.05, 3.63) is 0 Å². The number of carbonyl (C=O) groups excluding carboxylic acids is 1. The molecule has 0 aromatic carbocycles. The third kappa shape index (κ3) is 4.91. The van der Waals surface area contributed by atoms with Gasteiger partial charge in [-0.3, -0.25) is 5.32 Å². The Morgan fingerprint density at radius 2 is 2.18 bits per heavy atom. The SMILES string of the molecule is COCNC[C@@H]1CCCN1C(=O)OC(C)(C)C. The first-order chi connectivity index (χ1) is 7.94. The Labute approximate surface area is 103 Å². The van der Waals surface area contributed by atoms with Gasteiger partial charge in [-0.15, -0.1) is 0 Å². The molecule has 5 heteroatoms. The molecule has 1 rings (SSSR count). The molecule has 0 aliphatic carbocycles. The van der Waals surface area contributed by atoms with Crippen molar-refractivity contribution < 1.29 is 14.3 Å². The fourth-order valence-corrected chi connectivity index (χ4v) is 1.94. The van der Waals surface area contributed by atoms with Crippen LogP contribution in [0.15, 0.2) is 0 Å². The lowest BCUT2D eigenvalue weighted by atomic mass is 10.2. The molecule has 1 aliphatic heterocycles. The highest BCUT2D eigenvalue weighted by molar-refractivity contribution is 5.69. The zero-order chi connectivity index (χ0) is 12.9. The van der Waals surface area contributed by atoms with Crippen molar-refractivity contribution in [2.24, 2.45) is 0 Å². The summed E-state index contributed by atoms with van der Waals surface area (Å²) >= 11 is 0. The molecule has 1 heterocycles. The first-order valence-electron chi connectivity index (χ1n) is 6.13. The number of methoxy groups -OCH3 is 1. The van der Waals surface area contributed by atoms with Gasteiger partial charge in [0, 0.05) is 26.2 Å². The van der Waals surface area contributed by atoms with E-state index < -0.39 is 5.60 Å². The number of nitrogens with zero attached hydrogens (tertiary/aromatic N) is 1. The van der Waals surface area contributed by atoms with E-state index in [9.17, 15) is 4.79 Å². The van der Waals surface area contributed by atoms with Gasteiger partial charge >= 0.3 is 6.09 Å². The molecule has 1 atom stereocenters. The topological polar surface area (TPSA) is 50.8 Å². The van der Waals surface area contributed by atoms with Crippen LogP contribution in [0.1, 0.15) is 33.6 Å². The summed E-state index contributed by atoms with van der Waals surface area (Å²) < 4.78 is 10.3. The maximum atomic E-state index is 11.9. The predicted molar refractivity (Wildman–Crippen MR) is 65.8 cm³/mol. The highest BCUT2D eigenvalue weighted by atomic mass is 16.6. The van der Waals surface area contributed by atoms with Gasteiger partial charge < -0.3 is 14.4 Å². The van der Waals surface area contributed by atoms with Gasteiger partial charge in [-0.25, -0.2) is 4.79 Å². The molecule has 100 valence electrons. The van der Waals surface area contributed by atoms with Crippen LogP contribution in [0.25, 0.3) is 0 Å². The maximum absolute atomic E-state index is 11.9. The molecule has 1 fully saturated rings. The highest BCUT2D eigenvalue weighted by Crippen LogP contribution is 2.20. The summed E-state index contributed by atoms with van der Waals surface area (Å²) in [7, 11) is 1.65. The zero-order valence-electron chi connectivity index (χ0n) is 11.3. The van der Waals surface area contributed by atoms with E-state index in [0.29, 0.717) is 6.73 Å². The molecule has 1 aliphatic rings. The van der Waals surface area contributed by atoms with E-state index in [1.165, 1.54) is 0 Å². The van der Waals surface area contributed by atoms with E-state index in [0.717, 1.165) is 25.9 Å². The molecule has 0 spiro atoms. The van der Waals surface area contributed by atoms with Crippen molar-refractivity contribution in [3.8, 4) is 0 Å². The second-order valence-corrected chi connectivity index (χ2v) is 5.36. The molecule has 0 unspecified atom stereocenters. The van der Waals surface area contributed by atoms with E-state index >= 15 is 0 Å². The third-order valence-corrected chi connectivity index (χ3v) is 2.63. The monoisotopic (exact) mass is 244 g/mol. The minimum Gasteiger partial charge on any atom is -0.444 e. The summed E-state index contributed by atoms with van der Waals surface area (Å²) in [6, 6.07) is 0.222. The second kappa shape index (κ2) is 6.21. The number of carbonyl (C=O) groups is 1. The molecule has 1 amide bonds. The Morgan fingerprint density at radius 3 is 2.76 bits per heavy atom. The van der Waals surface area contributed by atoms with Crippen molar-refractivity contribution in [3.63, 3.8) is 0 Å². The van der Waals surface area contributed by atoms with Crippen molar-refractivity contribution in [1.29, 1.82) is 0 Å². The summed E-state index contributed by atoms with van der Waals surface area (Å²) in [6.07, 6.45) is 1.85. The lowest BCUT2D eigenvalue weighted by molar-refractivity contribution is 0.0220. The second-order valence-electron chi connectivity index (χ2n) is 5.36. The van der Waals surface area contributed by atoms with Crippen LogP contribution in [0, 0.1) is 0 Å². The lowest BCUT2D eigenvalue weighted by Crippen LogP contribution is -2.44. The molecule has 0 saturated carbocycles. The fourth-order valence-electron chi connectivity index (χ4n) is 1.94. The number of rotatable bonds is 4. The number of amides is 1. The molecule has 5 nitrogen and oxygen atoms in total. The molecule has 0 aromatic rings. The first kappa shape index (κ1) is 14.3. The Balaban J connectivity index is 2.42. The largest absolute Gasteiger partial charge is 0.444 e. The third-order valence-electron chi connectivity index (χ3n) is 2.63. The minimum absolute atomic E-state index is 0.209. The van der Waals surface area contributed by atoms with E-state index in [2.05, 4.69) is 5.32 Å². The molecule has 0 aromatic heterocycles. The smallest absolute Gasteiger partial charge is 0.410 e. The van der Waals surface area contributed by atoms with E-state index in [-0.39, 0.29) is 12.1 Å². The maximum Gasteiger partial charge on any atom is 0.410 e. The van der Waals surface area contributed by atoms with Crippen molar-refractivity contribution >= 4 is 6.09 Å². The summed E-state index contributed by atoms with van der Waals surface area (Å²) in [5, 5.41) is 3.15. The highest BCUT2D eigenvalue weighted by Gasteiger charge is 2.31. The molecule has 1 N–H and O–H groups in total. The normalized spacial score (nSPS) is 20.7. The van der Waals surface area contributed by atoms with Crippen LogP contribution in [0.3, 0.4) is 0 Å². The van der Waals surface area contributed by atoms with Crippen LogP contribution in [-0.4, -0.2) is 49.6 Å². The van der Waals surface area contributed by atoms with Crippen molar-refractivity contribution in [1.82, 2.24) is 10.2 Å². The van der Waals surface area contributed by atoms with Gasteiger partial charge in [0.1, 0.15) is 5.60 Å². The van der Waals surface area contributed by atoms with Gasteiger partial charge in [0.15, 0.2) is 0 Å². The summed E-state index contributed by atoms with van der Waals surface area (Å²) in [5.41, 5.74) is -0.426. The van der Waals surface area contributed by atoms with Crippen molar-refractivity contribution in [2.45, 2.75) is 45.3 Å². The summed E-state index contributed by atoms with van der Waals surface area (Å²) in [4.78, 5) is 13.8. The van der Waals surface area contributed by atoms with Crippen LogP contribution in [0.4, 0.5) is 4.79 Å². The number of hydrogen-bond donors (Lipinski definition) is 1. The average Bonchev–Trinajstić information content (AvgIpc) is 2.64. The number of ether oxygens (including phenoxy) is 2. The lowest BCUT2D eigenvalue weighted by Gasteiger charge is -2.28. The Bertz CT molecular complexity index is 251. The van der Waals surface area contributed by atoms with Gasteiger partial charge in [-0.1, -0.05) is 0 Å². The Kier molecular flexibility index (Phi) is 5.21. The molecule has 0 radical (unpaired) electrons. The van der Waals surface area contributed by atoms with Crippen LogP contribution in [0.2, 0.25) is 0 Å². The Morgan fingerprint density at radius 1 is 1.47 bits per heavy atom. The predicted octanol–water partition coefficient (Wildman–Crippen LogP) is 1.58. The van der Waals surface area contributed by atoms with E-state index in [1.807, 2.05) is 25.7 Å². The van der Waals surface area contributed by atoms with Crippen LogP contribution in [-0.2, 0) is 9.47 Å². The number of likely N-dealkylation sites (tertiary alicyclic amines) is 1. The Hall–Kier alpha value is -0.810. The number of nitrogens with one attached hydrogen (secondary N) is 1. The molecular weight excluding hydrogens is 220 g/mol. The van der Waals surface area contributed by atoms with Gasteiger partial charge in [-0.2, -0.15) is 0 Å². The van der Waals surface area contributed by atoms with Crippen molar-refractivity contribution in [2.75, 3.05) is 26.9 Å². The molecular formula is C12H24N2O3. The van der Waals surface area contributed by atoms with E-state index in [1.54, 1.807) is 7.11 Å². The van der Waals surface area contributed by atoms with Gasteiger partial charge in [-0.05, 0) is 33.6 Å². The molecule has 17 heavy (non-hydrogen) atoms. The molecule has 0 bridgehead atoms. The quantitative estimate of drug-likeness (QED) is 0.602. The number of hydrogen-bond acceptors (Lipinski definition) is 4. The van der Waals surface area contributed by atoms with Crippen LogP contribution in [0.5, 0.6) is 0 Å². The van der Waals surface area contributed by atoms with Crippen LogP contribution >= 0.6 is 0 Å². The zero-order valence-corrected chi connectivity index (χ0v) is 11.3. The van der Waals surface area contributed by atoms with Gasteiger partial charge in [0.25, 0.3) is 0 Å². The first-order valence-corrected chi connectivity index (χ1v) is 6.13. The summed E-state index contributed by atoms with van der Waals surface area (Å²) in [6.45, 7) is 7.72. The minimum atomic E-state index is -0.426. The molecule has 1 saturated heterocycles. The van der Waals surface area contributed by atoms with Crippen LogP contribution < -0.4 is 5.32 Å².